The Morgan fingerprint density at radius 3 is 2.50 bits per heavy atom. The fourth-order valence-corrected chi connectivity index (χ4v) is 2.80. The summed E-state index contributed by atoms with van der Waals surface area (Å²) in [6.07, 6.45) is 2.40. The highest BCUT2D eigenvalue weighted by Crippen LogP contribution is 2.28. The van der Waals surface area contributed by atoms with Gasteiger partial charge < -0.3 is 15.5 Å². The molecule has 0 spiro atoms. The van der Waals surface area contributed by atoms with Crippen molar-refractivity contribution in [1.29, 1.82) is 0 Å². The lowest BCUT2D eigenvalue weighted by Gasteiger charge is -2.47. The van der Waals surface area contributed by atoms with Gasteiger partial charge in [-0.15, -0.1) is 0 Å². The second-order valence-electron chi connectivity index (χ2n) is 5.68. The molecule has 2 rings (SSSR count). The van der Waals surface area contributed by atoms with Crippen molar-refractivity contribution in [3.8, 4) is 0 Å². The van der Waals surface area contributed by atoms with Gasteiger partial charge in [0.15, 0.2) is 0 Å². The van der Waals surface area contributed by atoms with Crippen molar-refractivity contribution in [2.75, 3.05) is 38.6 Å². The topological polar surface area (TPSA) is 32.5 Å². The molecular formula is C15H25N3. The van der Waals surface area contributed by atoms with Crippen LogP contribution in [0.1, 0.15) is 18.4 Å². The van der Waals surface area contributed by atoms with Gasteiger partial charge in [-0.2, -0.15) is 0 Å². The van der Waals surface area contributed by atoms with Crippen LogP contribution in [0.15, 0.2) is 24.3 Å². The number of hydrogen-bond donors (Lipinski definition) is 1. The standard InChI is InChI=1S/C15H25N3/c1-13-5-7-14(8-6-13)18-10-4-9-15(11-16,12-18)17(2)3/h5-8H,4,9-12,16H2,1-3H3. The molecule has 1 aromatic rings. The molecule has 1 aliphatic heterocycles. The molecule has 0 saturated carbocycles. The molecule has 0 bridgehead atoms. The summed E-state index contributed by atoms with van der Waals surface area (Å²) in [7, 11) is 4.29. The minimum atomic E-state index is 0.128. The number of hydrogen-bond acceptors (Lipinski definition) is 3. The predicted molar refractivity (Wildman–Crippen MR) is 78.1 cm³/mol. The molecule has 3 heteroatoms. The molecule has 1 aromatic carbocycles. The van der Waals surface area contributed by atoms with Gasteiger partial charge in [-0.1, -0.05) is 17.7 Å². The first-order valence-electron chi connectivity index (χ1n) is 6.76. The molecule has 1 heterocycles. The van der Waals surface area contributed by atoms with E-state index in [4.69, 9.17) is 5.73 Å². The van der Waals surface area contributed by atoms with Crippen LogP contribution in [0.25, 0.3) is 0 Å². The Kier molecular flexibility index (Phi) is 3.93. The van der Waals surface area contributed by atoms with Gasteiger partial charge in [0.2, 0.25) is 0 Å². The van der Waals surface area contributed by atoms with Crippen molar-refractivity contribution in [1.82, 2.24) is 4.90 Å². The molecule has 0 amide bonds. The van der Waals surface area contributed by atoms with Crippen molar-refractivity contribution < 1.29 is 0 Å². The smallest absolute Gasteiger partial charge is 0.0501 e. The molecule has 0 aromatic heterocycles. The number of rotatable bonds is 3. The van der Waals surface area contributed by atoms with E-state index in [1.54, 1.807) is 0 Å². The summed E-state index contributed by atoms with van der Waals surface area (Å²) < 4.78 is 0. The maximum Gasteiger partial charge on any atom is 0.0501 e. The molecule has 0 radical (unpaired) electrons. The van der Waals surface area contributed by atoms with Gasteiger partial charge >= 0.3 is 0 Å². The molecule has 1 fully saturated rings. The summed E-state index contributed by atoms with van der Waals surface area (Å²) in [5, 5.41) is 0. The van der Waals surface area contributed by atoms with Gasteiger partial charge in [0, 0.05) is 25.3 Å². The SMILES string of the molecule is Cc1ccc(N2CCCC(CN)(N(C)C)C2)cc1. The zero-order valence-corrected chi connectivity index (χ0v) is 11.8. The maximum absolute atomic E-state index is 6.04. The number of nitrogens with zero attached hydrogens (tertiary/aromatic N) is 2. The number of aryl methyl sites for hydroxylation is 1. The average Bonchev–Trinajstić information content (AvgIpc) is 2.39. The fraction of sp³-hybridized carbons (Fsp3) is 0.600. The van der Waals surface area contributed by atoms with Crippen molar-refractivity contribution in [3.63, 3.8) is 0 Å². The number of piperidine rings is 1. The van der Waals surface area contributed by atoms with E-state index in [1.165, 1.54) is 24.1 Å². The van der Waals surface area contributed by atoms with Gasteiger partial charge in [-0.25, -0.2) is 0 Å². The Balaban J connectivity index is 2.18. The van der Waals surface area contributed by atoms with Crippen molar-refractivity contribution in [2.45, 2.75) is 25.3 Å². The summed E-state index contributed by atoms with van der Waals surface area (Å²) >= 11 is 0. The molecule has 1 unspecified atom stereocenters. The van der Waals surface area contributed by atoms with Crippen LogP contribution >= 0.6 is 0 Å². The third kappa shape index (κ3) is 2.52. The van der Waals surface area contributed by atoms with E-state index in [-0.39, 0.29) is 5.54 Å². The number of anilines is 1. The van der Waals surface area contributed by atoms with Crippen LogP contribution in [-0.2, 0) is 0 Å². The van der Waals surface area contributed by atoms with Gasteiger partial charge in [-0.05, 0) is 46.0 Å². The number of nitrogens with two attached hydrogens (primary N) is 1. The lowest BCUT2D eigenvalue weighted by molar-refractivity contribution is 0.135. The van der Waals surface area contributed by atoms with Gasteiger partial charge in [-0.3, -0.25) is 0 Å². The van der Waals surface area contributed by atoms with Crippen LogP contribution in [0.5, 0.6) is 0 Å². The highest BCUT2D eigenvalue weighted by molar-refractivity contribution is 5.48. The first-order valence-corrected chi connectivity index (χ1v) is 6.76. The molecular weight excluding hydrogens is 222 g/mol. The highest BCUT2D eigenvalue weighted by atomic mass is 15.2. The third-order valence-electron chi connectivity index (χ3n) is 4.28. The summed E-state index contributed by atoms with van der Waals surface area (Å²) in [4.78, 5) is 4.77. The Morgan fingerprint density at radius 1 is 1.28 bits per heavy atom. The summed E-state index contributed by atoms with van der Waals surface area (Å²) in [6.45, 7) is 5.02. The predicted octanol–water partition coefficient (Wildman–Crippen LogP) is 1.85. The molecule has 100 valence electrons. The summed E-state index contributed by atoms with van der Waals surface area (Å²) in [5.74, 6) is 0. The van der Waals surface area contributed by atoms with Crippen LogP contribution in [0, 0.1) is 6.92 Å². The molecule has 1 saturated heterocycles. The Hall–Kier alpha value is -1.06. The van der Waals surface area contributed by atoms with E-state index < -0.39 is 0 Å². The first kappa shape index (κ1) is 13.4. The van der Waals surface area contributed by atoms with Crippen molar-refractivity contribution >= 4 is 5.69 Å². The Labute approximate surface area is 111 Å². The highest BCUT2D eigenvalue weighted by Gasteiger charge is 2.36. The van der Waals surface area contributed by atoms with Crippen LogP contribution < -0.4 is 10.6 Å². The van der Waals surface area contributed by atoms with Gasteiger partial charge in [0.25, 0.3) is 0 Å². The minimum absolute atomic E-state index is 0.128. The van der Waals surface area contributed by atoms with Crippen LogP contribution in [0.2, 0.25) is 0 Å². The molecule has 2 N–H and O–H groups in total. The molecule has 3 nitrogen and oxygen atoms in total. The maximum atomic E-state index is 6.04. The van der Waals surface area contributed by atoms with E-state index in [9.17, 15) is 0 Å². The third-order valence-corrected chi connectivity index (χ3v) is 4.28. The molecule has 1 aliphatic rings. The van der Waals surface area contributed by atoms with E-state index in [1.807, 2.05) is 0 Å². The second kappa shape index (κ2) is 5.29. The van der Waals surface area contributed by atoms with Crippen molar-refractivity contribution in [3.05, 3.63) is 29.8 Å². The van der Waals surface area contributed by atoms with Gasteiger partial charge in [0.05, 0.1) is 5.54 Å². The fourth-order valence-electron chi connectivity index (χ4n) is 2.80. The lowest BCUT2D eigenvalue weighted by Crippen LogP contribution is -2.60. The van der Waals surface area contributed by atoms with Crippen LogP contribution in [0.3, 0.4) is 0 Å². The zero-order chi connectivity index (χ0) is 13.2. The van der Waals surface area contributed by atoms with Crippen LogP contribution in [-0.4, -0.2) is 44.2 Å². The Bertz CT molecular complexity index is 385. The Morgan fingerprint density at radius 2 is 1.94 bits per heavy atom. The normalized spacial score (nSPS) is 24.6. The summed E-state index contributed by atoms with van der Waals surface area (Å²) in [6, 6.07) is 8.81. The van der Waals surface area contributed by atoms with Crippen LogP contribution in [0.4, 0.5) is 5.69 Å². The monoisotopic (exact) mass is 247 g/mol. The van der Waals surface area contributed by atoms with E-state index in [0.717, 1.165) is 19.6 Å². The van der Waals surface area contributed by atoms with E-state index >= 15 is 0 Å². The number of likely N-dealkylation sites (N-methyl/N-ethyl adjacent to an activating group) is 1. The number of benzene rings is 1. The quantitative estimate of drug-likeness (QED) is 0.885. The second-order valence-corrected chi connectivity index (χ2v) is 5.68. The van der Waals surface area contributed by atoms with Crippen molar-refractivity contribution in [2.24, 2.45) is 5.73 Å². The average molecular weight is 247 g/mol. The molecule has 1 atom stereocenters. The largest absolute Gasteiger partial charge is 0.370 e. The zero-order valence-electron chi connectivity index (χ0n) is 11.8. The summed E-state index contributed by atoms with van der Waals surface area (Å²) in [5.41, 5.74) is 8.80. The van der Waals surface area contributed by atoms with E-state index in [2.05, 4.69) is 55.1 Å². The lowest BCUT2D eigenvalue weighted by atomic mass is 9.87. The van der Waals surface area contributed by atoms with Gasteiger partial charge in [0.1, 0.15) is 0 Å². The first-order chi connectivity index (χ1) is 8.57. The van der Waals surface area contributed by atoms with E-state index in [0.29, 0.717) is 0 Å². The molecule has 0 aliphatic carbocycles. The minimum Gasteiger partial charge on any atom is -0.370 e. The molecule has 18 heavy (non-hydrogen) atoms.